The van der Waals surface area contributed by atoms with Crippen LogP contribution in [-0.2, 0) is 0 Å². The Kier molecular flexibility index (Phi) is 9.58. The molecule has 9 aromatic carbocycles. The van der Waals surface area contributed by atoms with Gasteiger partial charge >= 0.3 is 0 Å². The third-order valence-corrected chi connectivity index (χ3v) is 14.1. The fourth-order valence-corrected chi connectivity index (χ4v) is 11.0. The van der Waals surface area contributed by atoms with Gasteiger partial charge in [0.1, 0.15) is 0 Å². The second kappa shape index (κ2) is 16.2. The van der Waals surface area contributed by atoms with E-state index < -0.39 is 0 Å². The van der Waals surface area contributed by atoms with E-state index in [1.807, 2.05) is 0 Å². The molecule has 1 fully saturated rings. The lowest BCUT2D eigenvalue weighted by Crippen LogP contribution is -2.99. The van der Waals surface area contributed by atoms with Gasteiger partial charge in [-0.25, -0.2) is 10.6 Å². The number of fused-ring (bicyclic) bond motifs is 8. The van der Waals surface area contributed by atoms with Crippen molar-refractivity contribution in [3.8, 4) is 27.9 Å². The summed E-state index contributed by atoms with van der Waals surface area (Å²) in [6.45, 7) is 0. The zero-order chi connectivity index (χ0) is 44.4. The average Bonchev–Trinajstić information content (AvgIpc) is 3.92. The van der Waals surface area contributed by atoms with E-state index in [2.05, 4.69) is 250 Å². The highest BCUT2D eigenvalue weighted by Crippen LogP contribution is 2.44. The van der Waals surface area contributed by atoms with Crippen molar-refractivity contribution in [2.45, 2.75) is 31.0 Å². The van der Waals surface area contributed by atoms with Crippen LogP contribution in [0.2, 0.25) is 0 Å². The minimum atomic E-state index is -0.173. The molecule has 2 aliphatic rings. The van der Waals surface area contributed by atoms with Crippen LogP contribution in [0, 0.1) is 0 Å². The average molecular weight is 866 g/mol. The Morgan fingerprint density at radius 1 is 0.463 bits per heavy atom. The lowest BCUT2D eigenvalue weighted by atomic mass is 9.94. The summed E-state index contributed by atoms with van der Waals surface area (Å²) in [4.78, 5) is 0. The second-order valence-electron chi connectivity index (χ2n) is 18.1. The van der Waals surface area contributed by atoms with E-state index in [1.165, 1.54) is 99.0 Å². The molecule has 0 bridgehead atoms. The summed E-state index contributed by atoms with van der Waals surface area (Å²) in [7, 11) is 0. The van der Waals surface area contributed by atoms with Gasteiger partial charge in [-0.1, -0.05) is 188 Å². The van der Waals surface area contributed by atoms with Crippen molar-refractivity contribution < 1.29 is 5.32 Å². The minimum absolute atomic E-state index is 0.0795. The molecule has 4 unspecified atom stereocenters. The molecule has 0 spiro atoms. The van der Waals surface area contributed by atoms with E-state index in [4.69, 9.17) is 5.73 Å². The van der Waals surface area contributed by atoms with Crippen molar-refractivity contribution >= 4 is 60.1 Å². The van der Waals surface area contributed by atoms with Gasteiger partial charge < -0.3 is 20.2 Å². The van der Waals surface area contributed by atoms with Gasteiger partial charge in [0.25, 0.3) is 0 Å². The van der Waals surface area contributed by atoms with Crippen LogP contribution in [-0.4, -0.2) is 21.3 Å². The van der Waals surface area contributed by atoms with Crippen LogP contribution in [0.3, 0.4) is 0 Å². The van der Waals surface area contributed by atoms with E-state index in [-0.39, 0.29) is 24.5 Å². The Bertz CT molecular complexity index is 3650. The molecular formula is C61H49N6+. The van der Waals surface area contributed by atoms with Gasteiger partial charge in [0.15, 0.2) is 12.3 Å². The molecule has 2 aromatic heterocycles. The highest BCUT2D eigenvalue weighted by molar-refractivity contribution is 6.27. The van der Waals surface area contributed by atoms with Crippen molar-refractivity contribution in [3.63, 3.8) is 0 Å². The van der Waals surface area contributed by atoms with Crippen LogP contribution >= 0.6 is 0 Å². The normalized spacial score (nSPS) is 18.8. The predicted molar refractivity (Wildman–Crippen MR) is 277 cm³/mol. The van der Waals surface area contributed by atoms with Gasteiger partial charge in [0, 0.05) is 44.1 Å². The summed E-state index contributed by atoms with van der Waals surface area (Å²) in [5.41, 5.74) is 22.4. The summed E-state index contributed by atoms with van der Waals surface area (Å²) < 4.78 is 5.03. The molecule has 1 aliphatic heterocycles. The van der Waals surface area contributed by atoms with Crippen LogP contribution in [0.15, 0.2) is 230 Å². The molecule has 3 heterocycles. The number of rotatable bonds is 7. The van der Waals surface area contributed by atoms with E-state index in [9.17, 15) is 0 Å². The smallest absolute Gasteiger partial charge is 0.170 e. The molecule has 6 nitrogen and oxygen atoms in total. The molecule has 0 amide bonds. The van der Waals surface area contributed by atoms with Gasteiger partial charge in [0.2, 0.25) is 0 Å². The van der Waals surface area contributed by atoms with Crippen molar-refractivity contribution in [1.29, 1.82) is 0 Å². The summed E-state index contributed by atoms with van der Waals surface area (Å²) in [6.07, 6.45) is 5.03. The number of hydrogen-bond donors (Lipinski definition) is 4. The quantitative estimate of drug-likeness (QED) is 0.129. The third-order valence-electron chi connectivity index (χ3n) is 14.1. The largest absolute Gasteiger partial charge is 0.324 e. The molecule has 6 N–H and O–H groups in total. The molecule has 11 aromatic rings. The highest BCUT2D eigenvalue weighted by Gasteiger charge is 2.38. The van der Waals surface area contributed by atoms with E-state index >= 15 is 0 Å². The summed E-state index contributed by atoms with van der Waals surface area (Å²) >= 11 is 0. The first-order chi connectivity index (χ1) is 33.1. The number of nitrogens with one attached hydrogen (secondary N) is 2. The molecular weight excluding hydrogens is 817 g/mol. The summed E-state index contributed by atoms with van der Waals surface area (Å²) in [6, 6.07) is 77.0. The first kappa shape index (κ1) is 39.5. The summed E-state index contributed by atoms with van der Waals surface area (Å²) in [5, 5.41) is 18.0. The van der Waals surface area contributed by atoms with Crippen molar-refractivity contribution in [2.75, 3.05) is 0 Å². The van der Waals surface area contributed by atoms with Crippen molar-refractivity contribution in [1.82, 2.24) is 19.8 Å². The van der Waals surface area contributed by atoms with Gasteiger partial charge in [-0.2, -0.15) is 0 Å². The predicted octanol–water partition coefficient (Wildman–Crippen LogP) is 12.4. The number of para-hydroxylation sites is 2. The third kappa shape index (κ3) is 6.72. The van der Waals surface area contributed by atoms with Gasteiger partial charge in [-0.15, -0.1) is 0 Å². The molecule has 0 saturated carbocycles. The molecule has 0 radical (unpaired) electrons. The molecule has 67 heavy (non-hydrogen) atoms. The molecule has 322 valence electrons. The molecule has 4 atom stereocenters. The standard InChI is InChI=1S/C61H48N6/c62-46-32-34-55(67-53-29-11-9-27-48(53)49-33-35-56-57(58(49)67)50-28-10-12-30-54(50)66(56)52-31-15-21-41-20-7-8-26-47(41)52)51(38-46)61-64-59(44-24-13-22-42(36-44)39-16-3-1-4-17-39)63-60(65-61)45-25-14-23-43(37-45)40-18-5-2-6-19-40/h1-31,33-38,46,59-61,63-65H,32,62H2/p+1. The molecule has 1 saturated heterocycles. The lowest BCUT2D eigenvalue weighted by molar-refractivity contribution is -0.741. The maximum absolute atomic E-state index is 7.02. The van der Waals surface area contributed by atoms with Crippen LogP contribution in [0.1, 0.15) is 29.9 Å². The molecule has 1 aliphatic carbocycles. The molecule has 6 heteroatoms. The number of benzene rings is 9. The lowest BCUT2D eigenvalue weighted by Gasteiger charge is -2.39. The number of nitrogens with zero attached hydrogens (tertiary/aromatic N) is 2. The number of hydrogen-bond acceptors (Lipinski definition) is 3. The zero-order valence-electron chi connectivity index (χ0n) is 36.9. The van der Waals surface area contributed by atoms with Gasteiger partial charge in [-0.3, -0.25) is 0 Å². The Morgan fingerprint density at radius 3 is 1.81 bits per heavy atom. The van der Waals surface area contributed by atoms with E-state index in [0.29, 0.717) is 0 Å². The topological polar surface area (TPSA) is 76.6 Å². The van der Waals surface area contributed by atoms with Gasteiger partial charge in [-0.05, 0) is 76.0 Å². The van der Waals surface area contributed by atoms with Crippen LogP contribution in [0.4, 0.5) is 0 Å². The number of quaternary nitrogens is 1. The summed E-state index contributed by atoms with van der Waals surface area (Å²) in [5.74, 6) is 0. The van der Waals surface area contributed by atoms with E-state index in [1.54, 1.807) is 0 Å². The maximum atomic E-state index is 7.02. The van der Waals surface area contributed by atoms with Crippen molar-refractivity contribution in [2.24, 2.45) is 5.73 Å². The van der Waals surface area contributed by atoms with Crippen LogP contribution in [0.25, 0.3) is 88.0 Å². The Morgan fingerprint density at radius 2 is 1.04 bits per heavy atom. The molecule has 13 rings (SSSR count). The van der Waals surface area contributed by atoms with Crippen LogP contribution in [0.5, 0.6) is 0 Å². The number of nitrogens with two attached hydrogens (primary N) is 2. The number of aromatic nitrogens is 2. The van der Waals surface area contributed by atoms with Gasteiger partial charge in [0.05, 0.1) is 39.6 Å². The minimum Gasteiger partial charge on any atom is -0.324 e. The monoisotopic (exact) mass is 865 g/mol. The van der Waals surface area contributed by atoms with E-state index in [0.717, 1.165) is 12.1 Å². The van der Waals surface area contributed by atoms with Crippen LogP contribution < -0.4 is 21.7 Å². The first-order valence-corrected chi connectivity index (χ1v) is 23.4. The maximum Gasteiger partial charge on any atom is 0.170 e. The van der Waals surface area contributed by atoms with Crippen molar-refractivity contribution in [3.05, 3.63) is 241 Å². The Balaban J connectivity index is 1.00. The fourth-order valence-electron chi connectivity index (χ4n) is 11.0. The first-order valence-electron chi connectivity index (χ1n) is 23.4. The second-order valence-corrected chi connectivity index (χ2v) is 18.1. The Hall–Kier alpha value is -7.84. The highest BCUT2D eigenvalue weighted by atomic mass is 15.4. The fraction of sp³-hybridized carbons (Fsp3) is 0.0820. The SMILES string of the molecule is NC1C=C(C2NC(c3cccc(-c4ccccc4)c3)NC(c3cccc(-c4ccccc4)c3)[NH2+]2)C(n2c3ccccc3c3ccc4c(c5ccccc5n4-c4cccc5ccccc45)c32)=CC1. The Labute approximate surface area is 389 Å². The zero-order valence-corrected chi connectivity index (χ0v) is 36.9.